The molecule has 1 N–H and O–H groups in total. The molecule has 23 heavy (non-hydrogen) atoms. The Morgan fingerprint density at radius 2 is 2.22 bits per heavy atom. The molecule has 0 aliphatic heterocycles. The Hall–Kier alpha value is -1.73. The van der Waals surface area contributed by atoms with Crippen molar-refractivity contribution in [2.45, 2.75) is 32.7 Å². The van der Waals surface area contributed by atoms with Crippen molar-refractivity contribution in [3.05, 3.63) is 32.7 Å². The summed E-state index contributed by atoms with van der Waals surface area (Å²) in [5, 5.41) is 11.7. The quantitative estimate of drug-likeness (QED) is 0.785. The molecule has 1 amide bonds. The third-order valence-electron chi connectivity index (χ3n) is 4.20. The number of hydrogen-bond donors (Lipinski definition) is 1. The highest BCUT2D eigenvalue weighted by Gasteiger charge is 2.35. The number of rotatable bonds is 4. The van der Waals surface area contributed by atoms with Crippen LogP contribution in [0.15, 0.2) is 11.4 Å². The fraction of sp³-hybridized carbons (Fsp3) is 0.438. The molecule has 0 unspecified atom stereocenters. The summed E-state index contributed by atoms with van der Waals surface area (Å²) >= 11 is 3.14. The largest absolute Gasteiger partial charge is 0.342 e. The van der Waals surface area contributed by atoms with Crippen LogP contribution in [0.1, 0.15) is 45.0 Å². The standard InChI is InChI=1S/C16H18N4OS2/c1-8-7-22-15(17-8)13(10-4-5-10)18-14(21)12-6-11-9(2)19-20(3)16(11)23-12/h6-7,10,13H,4-5H2,1-3H3,(H,18,21)/t13-/m0/s1. The Bertz CT molecular complexity index is 853. The van der Waals surface area contributed by atoms with Crippen molar-refractivity contribution in [3.8, 4) is 0 Å². The van der Waals surface area contributed by atoms with Gasteiger partial charge >= 0.3 is 0 Å². The Morgan fingerprint density at radius 1 is 1.43 bits per heavy atom. The van der Waals surface area contributed by atoms with Gasteiger partial charge < -0.3 is 5.32 Å². The topological polar surface area (TPSA) is 59.8 Å². The van der Waals surface area contributed by atoms with Gasteiger partial charge in [-0.05, 0) is 38.7 Å². The lowest BCUT2D eigenvalue weighted by Crippen LogP contribution is -2.29. The number of amides is 1. The summed E-state index contributed by atoms with van der Waals surface area (Å²) < 4.78 is 1.84. The minimum absolute atomic E-state index is 0.00430. The third kappa shape index (κ3) is 2.68. The minimum Gasteiger partial charge on any atom is -0.342 e. The molecule has 0 spiro atoms. The molecule has 1 fully saturated rings. The third-order valence-corrected chi connectivity index (χ3v) is 6.45. The smallest absolute Gasteiger partial charge is 0.262 e. The number of aromatic nitrogens is 3. The van der Waals surface area contributed by atoms with E-state index in [1.165, 1.54) is 24.2 Å². The van der Waals surface area contributed by atoms with Crippen LogP contribution in [0.3, 0.4) is 0 Å². The van der Waals surface area contributed by atoms with Crippen LogP contribution in [0.5, 0.6) is 0 Å². The number of nitrogens with one attached hydrogen (secondary N) is 1. The molecule has 1 aliphatic carbocycles. The molecule has 4 rings (SSSR count). The van der Waals surface area contributed by atoms with Gasteiger partial charge in [-0.3, -0.25) is 9.48 Å². The Balaban J connectivity index is 1.60. The molecule has 7 heteroatoms. The van der Waals surface area contributed by atoms with E-state index in [0.29, 0.717) is 5.92 Å². The number of carbonyl (C=O) groups is 1. The fourth-order valence-corrected chi connectivity index (χ4v) is 4.82. The van der Waals surface area contributed by atoms with Crippen LogP contribution >= 0.6 is 22.7 Å². The summed E-state index contributed by atoms with van der Waals surface area (Å²) in [5.41, 5.74) is 1.99. The first-order valence-corrected chi connectivity index (χ1v) is 9.38. The molecule has 1 saturated carbocycles. The molecule has 1 atom stereocenters. The zero-order valence-electron chi connectivity index (χ0n) is 13.3. The number of thiazole rings is 1. The van der Waals surface area contributed by atoms with E-state index in [4.69, 9.17) is 0 Å². The van der Waals surface area contributed by atoms with Gasteiger partial charge in [0.1, 0.15) is 9.84 Å². The molecule has 3 heterocycles. The van der Waals surface area contributed by atoms with Crippen molar-refractivity contribution >= 4 is 38.8 Å². The van der Waals surface area contributed by atoms with Crippen LogP contribution in [0.2, 0.25) is 0 Å². The predicted molar refractivity (Wildman–Crippen MR) is 93.1 cm³/mol. The summed E-state index contributed by atoms with van der Waals surface area (Å²) in [4.78, 5) is 19.1. The molecular weight excluding hydrogens is 328 g/mol. The molecule has 5 nitrogen and oxygen atoms in total. The van der Waals surface area contributed by atoms with Crippen molar-refractivity contribution in [2.75, 3.05) is 0 Å². The lowest BCUT2D eigenvalue weighted by atomic mass is 10.2. The SMILES string of the molecule is Cc1csc([C@@H](NC(=O)c2cc3c(C)nn(C)c3s2)C2CC2)n1. The van der Waals surface area contributed by atoms with Gasteiger partial charge in [0.15, 0.2) is 0 Å². The Morgan fingerprint density at radius 3 is 2.83 bits per heavy atom. The second-order valence-electron chi connectivity index (χ2n) is 6.15. The molecule has 1 aliphatic rings. The molecule has 0 radical (unpaired) electrons. The molecular formula is C16H18N4OS2. The van der Waals surface area contributed by atoms with Crippen LogP contribution in [0, 0.1) is 19.8 Å². The predicted octanol–water partition coefficient (Wildman–Crippen LogP) is 3.59. The van der Waals surface area contributed by atoms with Crippen LogP contribution in [0.4, 0.5) is 0 Å². The minimum atomic E-state index is -0.00430. The lowest BCUT2D eigenvalue weighted by Gasteiger charge is -2.15. The van der Waals surface area contributed by atoms with Crippen LogP contribution < -0.4 is 5.32 Å². The highest BCUT2D eigenvalue weighted by Crippen LogP contribution is 2.42. The lowest BCUT2D eigenvalue weighted by molar-refractivity contribution is 0.0936. The highest BCUT2D eigenvalue weighted by atomic mass is 32.1. The average molecular weight is 346 g/mol. The van der Waals surface area contributed by atoms with E-state index < -0.39 is 0 Å². The highest BCUT2D eigenvalue weighted by molar-refractivity contribution is 7.20. The number of hydrogen-bond acceptors (Lipinski definition) is 5. The van der Waals surface area contributed by atoms with E-state index in [1.807, 2.05) is 37.0 Å². The molecule has 0 bridgehead atoms. The van der Waals surface area contributed by atoms with Gasteiger partial charge in [-0.15, -0.1) is 22.7 Å². The Labute approximate surface area is 142 Å². The van der Waals surface area contributed by atoms with E-state index in [1.54, 1.807) is 11.3 Å². The molecule has 0 aromatic carbocycles. The maximum Gasteiger partial charge on any atom is 0.262 e. The van der Waals surface area contributed by atoms with E-state index in [2.05, 4.69) is 15.4 Å². The summed E-state index contributed by atoms with van der Waals surface area (Å²) in [6.07, 6.45) is 2.33. The number of carbonyl (C=O) groups excluding carboxylic acids is 1. The summed E-state index contributed by atoms with van der Waals surface area (Å²) in [6, 6.07) is 2.00. The van der Waals surface area contributed by atoms with Gasteiger partial charge in [-0.2, -0.15) is 5.10 Å². The molecule has 3 aromatic rings. The van der Waals surface area contributed by atoms with Gasteiger partial charge in [0.05, 0.1) is 16.6 Å². The fourth-order valence-electron chi connectivity index (χ4n) is 2.86. The van der Waals surface area contributed by atoms with Gasteiger partial charge in [-0.25, -0.2) is 4.98 Å². The average Bonchev–Trinajstić information content (AvgIpc) is 2.99. The van der Waals surface area contributed by atoms with E-state index in [9.17, 15) is 4.79 Å². The maximum absolute atomic E-state index is 12.7. The first-order chi connectivity index (χ1) is 11.0. The van der Waals surface area contributed by atoms with Crippen molar-refractivity contribution in [1.82, 2.24) is 20.1 Å². The zero-order chi connectivity index (χ0) is 16.1. The van der Waals surface area contributed by atoms with Crippen molar-refractivity contribution in [3.63, 3.8) is 0 Å². The number of aryl methyl sites for hydroxylation is 3. The van der Waals surface area contributed by atoms with E-state index in [0.717, 1.165) is 31.5 Å². The van der Waals surface area contributed by atoms with Gasteiger partial charge in [0, 0.05) is 23.5 Å². The van der Waals surface area contributed by atoms with Gasteiger partial charge in [0.2, 0.25) is 0 Å². The van der Waals surface area contributed by atoms with Crippen LogP contribution in [-0.2, 0) is 7.05 Å². The number of thiophene rings is 1. The number of nitrogens with zero attached hydrogens (tertiary/aromatic N) is 3. The van der Waals surface area contributed by atoms with Crippen LogP contribution in [0.25, 0.3) is 10.2 Å². The summed E-state index contributed by atoms with van der Waals surface area (Å²) in [7, 11) is 1.92. The second-order valence-corrected chi connectivity index (χ2v) is 8.07. The molecule has 0 saturated heterocycles. The summed E-state index contributed by atoms with van der Waals surface area (Å²) in [6.45, 7) is 3.97. The Kier molecular flexibility index (Phi) is 3.50. The van der Waals surface area contributed by atoms with Gasteiger partial charge in [0.25, 0.3) is 5.91 Å². The van der Waals surface area contributed by atoms with Gasteiger partial charge in [-0.1, -0.05) is 0 Å². The normalized spacial score (nSPS) is 16.0. The maximum atomic E-state index is 12.7. The molecule has 3 aromatic heterocycles. The van der Waals surface area contributed by atoms with Crippen LogP contribution in [-0.4, -0.2) is 20.7 Å². The zero-order valence-corrected chi connectivity index (χ0v) is 14.9. The number of fused-ring (bicyclic) bond motifs is 1. The van der Waals surface area contributed by atoms with Crippen molar-refractivity contribution in [2.24, 2.45) is 13.0 Å². The van der Waals surface area contributed by atoms with Crippen molar-refractivity contribution in [1.29, 1.82) is 0 Å². The molecule has 120 valence electrons. The first-order valence-electron chi connectivity index (χ1n) is 7.69. The second kappa shape index (κ2) is 5.42. The van der Waals surface area contributed by atoms with E-state index >= 15 is 0 Å². The first kappa shape index (κ1) is 14.8. The van der Waals surface area contributed by atoms with Crippen molar-refractivity contribution < 1.29 is 4.79 Å². The monoisotopic (exact) mass is 346 g/mol. The van der Waals surface area contributed by atoms with E-state index in [-0.39, 0.29) is 11.9 Å². The summed E-state index contributed by atoms with van der Waals surface area (Å²) in [5.74, 6) is 0.526.